The molecule has 1 aliphatic heterocycles. The van der Waals surface area contributed by atoms with Crippen LogP contribution in [0.15, 0.2) is 47.2 Å². The molecule has 0 atom stereocenters. The van der Waals surface area contributed by atoms with E-state index in [9.17, 15) is 18.4 Å². The summed E-state index contributed by atoms with van der Waals surface area (Å²) < 4.78 is 32.8. The predicted molar refractivity (Wildman–Crippen MR) is 141 cm³/mol. The number of ketones is 2. The van der Waals surface area contributed by atoms with Gasteiger partial charge in [0.1, 0.15) is 28.9 Å². The largest absolute Gasteiger partial charge is 0.355 e. The summed E-state index contributed by atoms with van der Waals surface area (Å²) in [7, 11) is 0. The second-order valence-corrected chi connectivity index (χ2v) is 11.8. The molecule has 0 N–H and O–H groups in total. The summed E-state index contributed by atoms with van der Waals surface area (Å²) in [5, 5.41) is 3.89. The fourth-order valence-corrected chi connectivity index (χ4v) is 6.16. The number of likely N-dealkylation sites (tertiary alicyclic amines) is 1. The summed E-state index contributed by atoms with van der Waals surface area (Å²) >= 11 is 0. The van der Waals surface area contributed by atoms with Crippen molar-refractivity contribution in [1.82, 2.24) is 20.0 Å². The van der Waals surface area contributed by atoms with Crippen LogP contribution in [0.1, 0.15) is 81.5 Å². The molecule has 206 valence electrons. The molecule has 1 saturated carbocycles. The van der Waals surface area contributed by atoms with Gasteiger partial charge in [-0.05, 0) is 31.0 Å². The summed E-state index contributed by atoms with van der Waals surface area (Å²) in [5.74, 6) is -1.01. The van der Waals surface area contributed by atoms with Crippen molar-refractivity contribution in [2.45, 2.75) is 76.7 Å². The molecule has 3 heterocycles. The number of carbonyl (C=O) groups is 2. The minimum Gasteiger partial charge on any atom is -0.355 e. The number of halogens is 2. The van der Waals surface area contributed by atoms with Gasteiger partial charge in [0.15, 0.2) is 11.5 Å². The lowest BCUT2D eigenvalue weighted by molar-refractivity contribution is -0.127. The van der Waals surface area contributed by atoms with E-state index in [-0.39, 0.29) is 47.8 Å². The highest BCUT2D eigenvalue weighted by Crippen LogP contribution is 2.43. The first-order valence-electron chi connectivity index (χ1n) is 13.6. The van der Waals surface area contributed by atoms with E-state index in [0.717, 1.165) is 25.0 Å². The fraction of sp³-hybridized carbons (Fsp3) is 0.500. The topological polar surface area (TPSA) is 89.2 Å². The molecule has 0 bridgehead atoms. The Bertz CT molecular complexity index is 1330. The van der Waals surface area contributed by atoms with Gasteiger partial charge >= 0.3 is 0 Å². The molecule has 5 rings (SSSR count). The van der Waals surface area contributed by atoms with Crippen molar-refractivity contribution in [3.63, 3.8) is 0 Å². The molecule has 3 aromatic rings. The molecule has 1 aliphatic carbocycles. The first-order chi connectivity index (χ1) is 18.6. The maximum absolute atomic E-state index is 14.2. The van der Waals surface area contributed by atoms with E-state index in [2.05, 4.69) is 20.0 Å². The molecule has 0 spiro atoms. The number of hydrogen-bond donors (Lipinski definition) is 0. The van der Waals surface area contributed by atoms with Crippen LogP contribution in [0, 0.1) is 17.0 Å². The van der Waals surface area contributed by atoms with Gasteiger partial charge < -0.3 is 4.52 Å². The van der Waals surface area contributed by atoms with Crippen LogP contribution in [0.25, 0.3) is 11.3 Å². The first kappa shape index (κ1) is 27.2. The van der Waals surface area contributed by atoms with Crippen LogP contribution in [0.5, 0.6) is 0 Å². The normalized spacial score (nSPS) is 18.1. The average Bonchev–Trinajstić information content (AvgIpc) is 3.38. The summed E-state index contributed by atoms with van der Waals surface area (Å²) in [6.07, 6.45) is 9.99. The van der Waals surface area contributed by atoms with Gasteiger partial charge in [0.25, 0.3) is 0 Å². The van der Waals surface area contributed by atoms with Gasteiger partial charge in [-0.2, -0.15) is 0 Å². The molecular weight excluding hydrogens is 502 g/mol. The number of rotatable bonds is 10. The molecule has 0 amide bonds. The van der Waals surface area contributed by atoms with Gasteiger partial charge in [0, 0.05) is 73.8 Å². The van der Waals surface area contributed by atoms with Gasteiger partial charge in [0.2, 0.25) is 0 Å². The van der Waals surface area contributed by atoms with E-state index in [4.69, 9.17) is 4.52 Å². The standard InChI is InChI=1S/C30H34F2N4O3/c1-29(2,28-33-11-6-12-34-28)15-22(37)16-30(18-36(19-30)21-7-4-3-5-8-21)17-26(38)25-14-27(39-35-25)23-10-9-20(31)13-24(23)32/h6,9-14,21H,3-5,7-8,15-19H2,1-2H3. The zero-order valence-corrected chi connectivity index (χ0v) is 22.5. The van der Waals surface area contributed by atoms with E-state index < -0.39 is 22.5 Å². The van der Waals surface area contributed by atoms with Crippen LogP contribution >= 0.6 is 0 Å². The van der Waals surface area contributed by atoms with E-state index in [0.29, 0.717) is 25.0 Å². The van der Waals surface area contributed by atoms with Crippen molar-refractivity contribution < 1.29 is 22.9 Å². The molecular formula is C30H34F2N4O3. The number of Topliss-reactive ketones (excluding diaryl/α,β-unsaturated/α-hetero) is 2. The molecule has 2 aliphatic rings. The minimum absolute atomic E-state index is 0.0327. The van der Waals surface area contributed by atoms with Crippen molar-refractivity contribution in [2.75, 3.05) is 13.1 Å². The van der Waals surface area contributed by atoms with E-state index in [1.165, 1.54) is 31.4 Å². The first-order valence-corrected chi connectivity index (χ1v) is 13.6. The molecule has 39 heavy (non-hydrogen) atoms. The third-order valence-electron chi connectivity index (χ3n) is 8.08. The minimum atomic E-state index is -0.792. The Labute approximate surface area is 227 Å². The lowest BCUT2D eigenvalue weighted by atomic mass is 9.68. The Balaban J connectivity index is 1.31. The second kappa shape index (κ2) is 11.0. The molecule has 1 aromatic carbocycles. The third kappa shape index (κ3) is 6.13. The summed E-state index contributed by atoms with van der Waals surface area (Å²) in [5.41, 5.74) is -0.921. The maximum Gasteiger partial charge on any atom is 0.185 e. The monoisotopic (exact) mass is 536 g/mol. The predicted octanol–water partition coefficient (Wildman–Crippen LogP) is 5.94. The van der Waals surface area contributed by atoms with Gasteiger partial charge in [-0.3, -0.25) is 14.5 Å². The molecule has 9 heteroatoms. The highest BCUT2D eigenvalue weighted by molar-refractivity contribution is 5.96. The van der Waals surface area contributed by atoms with Crippen LogP contribution in [0.4, 0.5) is 8.78 Å². The highest BCUT2D eigenvalue weighted by atomic mass is 19.1. The SMILES string of the molecule is CC(C)(CC(=O)CC1(CC(=O)c2cc(-c3ccc(F)cc3F)on2)CN(C2CCCCC2)C1)c1ncccn1. The van der Waals surface area contributed by atoms with Gasteiger partial charge in [-0.15, -0.1) is 0 Å². The van der Waals surface area contributed by atoms with Gasteiger partial charge in [-0.25, -0.2) is 18.7 Å². The Morgan fingerprint density at radius 2 is 1.77 bits per heavy atom. The van der Waals surface area contributed by atoms with Crippen molar-refractivity contribution in [1.29, 1.82) is 0 Å². The molecule has 0 radical (unpaired) electrons. The Kier molecular flexibility index (Phi) is 7.71. The van der Waals surface area contributed by atoms with Crippen LogP contribution in [0.3, 0.4) is 0 Å². The summed E-state index contributed by atoms with van der Waals surface area (Å²) in [4.78, 5) is 37.9. The second-order valence-electron chi connectivity index (χ2n) is 11.8. The number of benzene rings is 1. The van der Waals surface area contributed by atoms with Crippen LogP contribution in [-0.4, -0.2) is 50.7 Å². The number of aromatic nitrogens is 3. The van der Waals surface area contributed by atoms with Gasteiger partial charge in [-0.1, -0.05) is 38.3 Å². The third-order valence-corrected chi connectivity index (χ3v) is 8.08. The fourth-order valence-electron chi connectivity index (χ4n) is 6.16. The Hall–Kier alpha value is -3.33. The zero-order chi connectivity index (χ0) is 27.6. The Morgan fingerprint density at radius 1 is 1.05 bits per heavy atom. The molecule has 7 nitrogen and oxygen atoms in total. The van der Waals surface area contributed by atoms with Crippen molar-refractivity contribution in [3.8, 4) is 11.3 Å². The molecule has 2 aromatic heterocycles. The lowest BCUT2D eigenvalue weighted by Crippen LogP contribution is -2.61. The molecule has 1 saturated heterocycles. The van der Waals surface area contributed by atoms with Crippen LogP contribution in [-0.2, 0) is 10.2 Å². The average molecular weight is 537 g/mol. The van der Waals surface area contributed by atoms with Crippen molar-refractivity contribution in [3.05, 3.63) is 65.9 Å². The maximum atomic E-state index is 14.2. The van der Waals surface area contributed by atoms with E-state index in [1.54, 1.807) is 18.5 Å². The summed E-state index contributed by atoms with van der Waals surface area (Å²) in [6.45, 7) is 5.26. The van der Waals surface area contributed by atoms with Crippen LogP contribution in [0.2, 0.25) is 0 Å². The number of hydrogen-bond acceptors (Lipinski definition) is 7. The van der Waals surface area contributed by atoms with Crippen molar-refractivity contribution in [2.24, 2.45) is 5.41 Å². The lowest BCUT2D eigenvalue weighted by Gasteiger charge is -2.54. The van der Waals surface area contributed by atoms with Crippen LogP contribution < -0.4 is 0 Å². The zero-order valence-electron chi connectivity index (χ0n) is 22.5. The quantitative estimate of drug-likeness (QED) is 0.296. The van der Waals surface area contributed by atoms with E-state index >= 15 is 0 Å². The van der Waals surface area contributed by atoms with Gasteiger partial charge in [0.05, 0.1) is 5.56 Å². The Morgan fingerprint density at radius 3 is 2.46 bits per heavy atom. The highest BCUT2D eigenvalue weighted by Gasteiger charge is 2.48. The van der Waals surface area contributed by atoms with E-state index in [1.807, 2.05) is 13.8 Å². The number of nitrogens with zero attached hydrogens (tertiary/aromatic N) is 4. The van der Waals surface area contributed by atoms with Crippen molar-refractivity contribution >= 4 is 11.6 Å². The number of carbonyl (C=O) groups excluding carboxylic acids is 2. The smallest absolute Gasteiger partial charge is 0.185 e. The molecule has 2 fully saturated rings. The summed E-state index contributed by atoms with van der Waals surface area (Å²) in [6, 6.07) is 6.77. The molecule has 0 unspecified atom stereocenters.